The Hall–Kier alpha value is -3.24. The van der Waals surface area contributed by atoms with Gasteiger partial charge in [0.25, 0.3) is 0 Å². The van der Waals surface area contributed by atoms with Crippen molar-refractivity contribution in [3.8, 4) is 22.8 Å². The van der Waals surface area contributed by atoms with Crippen LogP contribution in [0.2, 0.25) is 0 Å². The van der Waals surface area contributed by atoms with E-state index in [1.54, 1.807) is 6.07 Å². The van der Waals surface area contributed by atoms with Crippen LogP contribution in [0.25, 0.3) is 11.3 Å². The number of hydrogen-bond acceptors (Lipinski definition) is 7. The SMILES string of the molecule is CCN(CCN1CCN(c2cccc(C(F)(F)F)c2)CC1)Cc1cc(-c2cccc3c2OCCO3)no1. The van der Waals surface area contributed by atoms with Gasteiger partial charge in [-0.05, 0) is 36.9 Å². The third-order valence-corrected chi connectivity index (χ3v) is 6.87. The van der Waals surface area contributed by atoms with Gasteiger partial charge in [-0.25, -0.2) is 0 Å². The number of anilines is 1. The van der Waals surface area contributed by atoms with Crippen LogP contribution in [0, 0.1) is 0 Å². The molecule has 2 aliphatic rings. The maximum atomic E-state index is 13.1. The summed E-state index contributed by atoms with van der Waals surface area (Å²) in [4.78, 5) is 6.67. The van der Waals surface area contributed by atoms with Crippen molar-refractivity contribution in [2.24, 2.45) is 0 Å². The van der Waals surface area contributed by atoms with E-state index >= 15 is 0 Å². The molecule has 0 amide bonds. The standard InChI is InChI=1S/C27H31F3N4O3/c1-2-32(19-22-18-24(31-37-22)23-7-4-8-25-26(23)36-16-15-35-25)9-10-33-11-13-34(14-12-33)21-6-3-5-20(17-21)27(28,29)30/h3-8,17-18H,2,9-16,19H2,1H3. The summed E-state index contributed by atoms with van der Waals surface area (Å²) >= 11 is 0. The van der Waals surface area contributed by atoms with Gasteiger partial charge >= 0.3 is 6.18 Å². The maximum absolute atomic E-state index is 13.1. The first-order valence-electron chi connectivity index (χ1n) is 12.6. The molecular weight excluding hydrogens is 485 g/mol. The monoisotopic (exact) mass is 516 g/mol. The number of rotatable bonds is 8. The van der Waals surface area contributed by atoms with Gasteiger partial charge in [0.2, 0.25) is 0 Å². The van der Waals surface area contributed by atoms with Crippen molar-refractivity contribution >= 4 is 5.69 Å². The zero-order valence-electron chi connectivity index (χ0n) is 20.8. The summed E-state index contributed by atoms with van der Waals surface area (Å²) < 4.78 is 56.3. The molecule has 0 radical (unpaired) electrons. The average Bonchev–Trinajstić information content (AvgIpc) is 3.39. The highest BCUT2D eigenvalue weighted by atomic mass is 19.4. The molecule has 0 saturated carbocycles. The lowest BCUT2D eigenvalue weighted by molar-refractivity contribution is -0.137. The summed E-state index contributed by atoms with van der Waals surface area (Å²) in [5.74, 6) is 2.20. The molecule has 0 spiro atoms. The fraction of sp³-hybridized carbons (Fsp3) is 0.444. The third-order valence-electron chi connectivity index (χ3n) is 6.87. The fourth-order valence-corrected chi connectivity index (χ4v) is 4.75. The highest BCUT2D eigenvalue weighted by Crippen LogP contribution is 2.39. The molecule has 1 aromatic heterocycles. The van der Waals surface area contributed by atoms with Crippen molar-refractivity contribution in [2.45, 2.75) is 19.6 Å². The van der Waals surface area contributed by atoms with Crippen molar-refractivity contribution in [2.75, 3.05) is 63.9 Å². The van der Waals surface area contributed by atoms with Gasteiger partial charge in [-0.1, -0.05) is 24.2 Å². The number of likely N-dealkylation sites (N-methyl/N-ethyl adjacent to an activating group) is 1. The fourth-order valence-electron chi connectivity index (χ4n) is 4.75. The second-order valence-electron chi connectivity index (χ2n) is 9.25. The van der Waals surface area contributed by atoms with Crippen molar-refractivity contribution in [3.63, 3.8) is 0 Å². The molecule has 1 saturated heterocycles. The van der Waals surface area contributed by atoms with E-state index in [0.29, 0.717) is 44.3 Å². The minimum absolute atomic E-state index is 0.506. The Bertz CT molecular complexity index is 1190. The summed E-state index contributed by atoms with van der Waals surface area (Å²) in [6.07, 6.45) is -4.32. The van der Waals surface area contributed by atoms with E-state index in [9.17, 15) is 13.2 Å². The van der Waals surface area contributed by atoms with Crippen molar-refractivity contribution in [3.05, 3.63) is 59.9 Å². The lowest BCUT2D eigenvalue weighted by atomic mass is 10.1. The maximum Gasteiger partial charge on any atom is 0.416 e. The van der Waals surface area contributed by atoms with Crippen molar-refractivity contribution < 1.29 is 27.2 Å². The molecule has 7 nitrogen and oxygen atoms in total. The number of para-hydroxylation sites is 1. The van der Waals surface area contributed by atoms with E-state index in [0.717, 1.165) is 61.6 Å². The molecule has 2 aromatic carbocycles. The van der Waals surface area contributed by atoms with Crippen LogP contribution in [0.5, 0.6) is 11.5 Å². The quantitative estimate of drug-likeness (QED) is 0.427. The predicted molar refractivity (Wildman–Crippen MR) is 134 cm³/mol. The topological polar surface area (TPSA) is 54.2 Å². The Kier molecular flexibility index (Phi) is 7.57. The Morgan fingerprint density at radius 3 is 2.54 bits per heavy atom. The van der Waals surface area contributed by atoms with Crippen LogP contribution in [-0.4, -0.2) is 74.0 Å². The van der Waals surface area contributed by atoms with Gasteiger partial charge in [0.05, 0.1) is 12.1 Å². The number of nitrogens with zero attached hydrogens (tertiary/aromatic N) is 4. The molecule has 5 rings (SSSR count). The number of fused-ring (bicyclic) bond motifs is 1. The molecule has 3 aromatic rings. The minimum Gasteiger partial charge on any atom is -0.486 e. The smallest absolute Gasteiger partial charge is 0.416 e. The Morgan fingerprint density at radius 1 is 0.973 bits per heavy atom. The molecule has 10 heteroatoms. The first kappa shape index (κ1) is 25.4. The number of benzene rings is 2. The molecule has 1 fully saturated rings. The van der Waals surface area contributed by atoms with Crippen LogP contribution in [0.3, 0.4) is 0 Å². The molecule has 0 bridgehead atoms. The molecule has 0 unspecified atom stereocenters. The number of ether oxygens (including phenoxy) is 2. The zero-order valence-corrected chi connectivity index (χ0v) is 20.8. The van der Waals surface area contributed by atoms with Gasteiger partial charge in [-0.3, -0.25) is 9.80 Å². The van der Waals surface area contributed by atoms with Gasteiger partial charge in [-0.15, -0.1) is 0 Å². The van der Waals surface area contributed by atoms with E-state index in [2.05, 4.69) is 21.9 Å². The number of hydrogen-bond donors (Lipinski definition) is 0. The van der Waals surface area contributed by atoms with Gasteiger partial charge in [0.1, 0.15) is 18.9 Å². The zero-order chi connectivity index (χ0) is 25.8. The van der Waals surface area contributed by atoms with Crippen LogP contribution >= 0.6 is 0 Å². The molecule has 0 atom stereocenters. The Balaban J connectivity index is 1.13. The number of alkyl halides is 3. The second kappa shape index (κ2) is 11.0. The van der Waals surface area contributed by atoms with Crippen LogP contribution < -0.4 is 14.4 Å². The first-order chi connectivity index (χ1) is 17.9. The molecule has 2 aliphatic heterocycles. The van der Waals surface area contributed by atoms with E-state index in [1.807, 2.05) is 29.2 Å². The highest BCUT2D eigenvalue weighted by Gasteiger charge is 2.31. The number of halogens is 3. The van der Waals surface area contributed by atoms with E-state index in [-0.39, 0.29) is 0 Å². The number of piperazine rings is 1. The number of aromatic nitrogens is 1. The van der Waals surface area contributed by atoms with Crippen LogP contribution in [-0.2, 0) is 12.7 Å². The predicted octanol–water partition coefficient (Wildman–Crippen LogP) is 4.78. The van der Waals surface area contributed by atoms with Crippen molar-refractivity contribution in [1.82, 2.24) is 15.0 Å². The van der Waals surface area contributed by atoms with Crippen molar-refractivity contribution in [1.29, 1.82) is 0 Å². The lowest BCUT2D eigenvalue weighted by Gasteiger charge is -2.37. The van der Waals surface area contributed by atoms with Crippen LogP contribution in [0.1, 0.15) is 18.2 Å². The molecule has 37 heavy (non-hydrogen) atoms. The first-order valence-corrected chi connectivity index (χ1v) is 12.6. The third kappa shape index (κ3) is 6.02. The lowest BCUT2D eigenvalue weighted by Crippen LogP contribution is -2.48. The summed E-state index contributed by atoms with van der Waals surface area (Å²) in [6.45, 7) is 9.40. The van der Waals surface area contributed by atoms with E-state index in [4.69, 9.17) is 14.0 Å². The summed E-state index contributed by atoms with van der Waals surface area (Å²) in [5.41, 5.74) is 1.60. The van der Waals surface area contributed by atoms with E-state index in [1.165, 1.54) is 12.1 Å². The molecular formula is C27H31F3N4O3. The van der Waals surface area contributed by atoms with Gasteiger partial charge in [0.15, 0.2) is 17.3 Å². The highest BCUT2D eigenvalue weighted by molar-refractivity contribution is 5.71. The summed E-state index contributed by atoms with van der Waals surface area (Å²) in [6, 6.07) is 13.3. The van der Waals surface area contributed by atoms with Gasteiger partial charge < -0.3 is 18.9 Å². The van der Waals surface area contributed by atoms with Crippen LogP contribution in [0.4, 0.5) is 18.9 Å². The normalized spacial score (nSPS) is 16.4. The summed E-state index contributed by atoms with van der Waals surface area (Å²) in [7, 11) is 0. The molecule has 0 aliphatic carbocycles. The molecule has 3 heterocycles. The van der Waals surface area contributed by atoms with Gasteiger partial charge in [0, 0.05) is 56.6 Å². The minimum atomic E-state index is -4.32. The molecule has 0 N–H and O–H groups in total. The Labute approximate surface area is 214 Å². The molecule has 198 valence electrons. The largest absolute Gasteiger partial charge is 0.486 e. The van der Waals surface area contributed by atoms with Gasteiger partial charge in [-0.2, -0.15) is 13.2 Å². The summed E-state index contributed by atoms with van der Waals surface area (Å²) in [5, 5.41) is 4.27. The Morgan fingerprint density at radius 2 is 1.76 bits per heavy atom. The van der Waals surface area contributed by atoms with Crippen LogP contribution in [0.15, 0.2) is 53.1 Å². The van der Waals surface area contributed by atoms with E-state index < -0.39 is 11.7 Å². The second-order valence-corrected chi connectivity index (χ2v) is 9.25. The average molecular weight is 517 g/mol.